The lowest BCUT2D eigenvalue weighted by molar-refractivity contribution is 0.0526. The minimum Gasteiger partial charge on any atom is -0.361 e. The number of nitrogens with one attached hydrogen (secondary N) is 1. The van der Waals surface area contributed by atoms with Gasteiger partial charge in [0.15, 0.2) is 0 Å². The van der Waals surface area contributed by atoms with E-state index in [0.717, 1.165) is 5.56 Å². The number of nitrogen functional groups attached to an aromatic ring is 1. The molecule has 1 rings (SSSR count). The van der Waals surface area contributed by atoms with Crippen molar-refractivity contribution in [2.24, 2.45) is 5.84 Å². The van der Waals surface area contributed by atoms with Gasteiger partial charge in [0, 0.05) is 6.20 Å². The first-order chi connectivity index (χ1) is 6.51. The first-order valence-electron chi connectivity index (χ1n) is 4.26. The maximum absolute atomic E-state index is 5.58. The van der Waals surface area contributed by atoms with Gasteiger partial charge in [0.1, 0.15) is 9.43 Å². The molecule has 1 aromatic rings. The third kappa shape index (κ3) is 4.21. The molecule has 0 saturated heterocycles. The Bertz CT molecular complexity index is 281. The van der Waals surface area contributed by atoms with Crippen LogP contribution in [0, 0.1) is 0 Å². The van der Waals surface area contributed by atoms with Crippen LogP contribution < -0.4 is 11.3 Å². The molecule has 4 nitrogen and oxygen atoms in total. The lowest BCUT2D eigenvalue weighted by atomic mass is 10.3. The minimum absolute atomic E-state index is 0.150. The molecule has 0 aliphatic heterocycles. The standard InChI is InChI=1S/C9H14IN3O/c1-9(2,10)14-6-7-3-4-8(13-11)12-5-7/h3-5H,6,11H2,1-2H3,(H,12,13). The molecule has 78 valence electrons. The van der Waals surface area contributed by atoms with E-state index in [1.54, 1.807) is 6.20 Å². The molecule has 0 aliphatic rings. The van der Waals surface area contributed by atoms with E-state index in [1.165, 1.54) is 0 Å². The molecule has 0 unspecified atom stereocenters. The van der Waals surface area contributed by atoms with Crippen molar-refractivity contribution < 1.29 is 4.74 Å². The Hall–Kier alpha value is -0.400. The van der Waals surface area contributed by atoms with Crippen LogP contribution in [0.1, 0.15) is 19.4 Å². The fourth-order valence-corrected chi connectivity index (χ4v) is 1.01. The van der Waals surface area contributed by atoms with Gasteiger partial charge in [0.2, 0.25) is 0 Å². The van der Waals surface area contributed by atoms with Gasteiger partial charge >= 0.3 is 0 Å². The number of hydrogen-bond donors (Lipinski definition) is 2. The molecule has 1 aromatic heterocycles. The lowest BCUT2D eigenvalue weighted by Gasteiger charge is -2.17. The normalized spacial score (nSPS) is 11.4. The van der Waals surface area contributed by atoms with Crippen molar-refractivity contribution in [3.05, 3.63) is 23.9 Å². The fourth-order valence-electron chi connectivity index (χ4n) is 0.850. The topological polar surface area (TPSA) is 60.2 Å². The van der Waals surface area contributed by atoms with E-state index in [4.69, 9.17) is 10.6 Å². The fraction of sp³-hybridized carbons (Fsp3) is 0.444. The highest BCUT2D eigenvalue weighted by Crippen LogP contribution is 2.20. The molecule has 0 aromatic carbocycles. The van der Waals surface area contributed by atoms with Crippen LogP contribution in [0.5, 0.6) is 0 Å². The second-order valence-electron chi connectivity index (χ2n) is 3.35. The number of aromatic nitrogens is 1. The molecule has 1 heterocycles. The van der Waals surface area contributed by atoms with E-state index in [9.17, 15) is 0 Å². The van der Waals surface area contributed by atoms with Crippen molar-refractivity contribution in [2.75, 3.05) is 5.43 Å². The summed E-state index contributed by atoms with van der Waals surface area (Å²) in [5, 5.41) is 0. The smallest absolute Gasteiger partial charge is 0.139 e. The Balaban J connectivity index is 2.52. The van der Waals surface area contributed by atoms with E-state index in [2.05, 4.69) is 33.0 Å². The lowest BCUT2D eigenvalue weighted by Crippen LogP contribution is -2.14. The zero-order valence-corrected chi connectivity index (χ0v) is 10.4. The second kappa shape index (κ2) is 4.90. The summed E-state index contributed by atoms with van der Waals surface area (Å²) in [4.78, 5) is 4.08. The molecule has 0 aliphatic carbocycles. The largest absolute Gasteiger partial charge is 0.361 e. The monoisotopic (exact) mass is 307 g/mol. The number of nitrogens with zero attached hydrogens (tertiary/aromatic N) is 1. The van der Waals surface area contributed by atoms with Crippen LogP contribution in [0.3, 0.4) is 0 Å². The van der Waals surface area contributed by atoms with E-state index in [-0.39, 0.29) is 3.61 Å². The zero-order valence-electron chi connectivity index (χ0n) is 8.25. The molecule has 5 heteroatoms. The maximum Gasteiger partial charge on any atom is 0.139 e. The van der Waals surface area contributed by atoms with Crippen LogP contribution in [0.25, 0.3) is 0 Å². The van der Waals surface area contributed by atoms with Crippen molar-refractivity contribution in [3.8, 4) is 0 Å². The van der Waals surface area contributed by atoms with Crippen molar-refractivity contribution in [1.29, 1.82) is 0 Å². The Labute approximate surface area is 97.3 Å². The predicted molar refractivity (Wildman–Crippen MR) is 64.9 cm³/mol. The number of nitrogens with two attached hydrogens (primary N) is 1. The van der Waals surface area contributed by atoms with Gasteiger partial charge in [-0.25, -0.2) is 10.8 Å². The third-order valence-corrected chi connectivity index (χ3v) is 1.87. The van der Waals surface area contributed by atoms with Crippen molar-refractivity contribution >= 4 is 28.4 Å². The summed E-state index contributed by atoms with van der Waals surface area (Å²) >= 11 is 2.24. The molecule has 0 spiro atoms. The number of anilines is 1. The average Bonchev–Trinajstić information content (AvgIpc) is 2.14. The van der Waals surface area contributed by atoms with E-state index >= 15 is 0 Å². The molecular formula is C9H14IN3O. The molecule has 0 saturated carbocycles. The molecule has 0 bridgehead atoms. The Morgan fingerprint density at radius 1 is 1.57 bits per heavy atom. The van der Waals surface area contributed by atoms with E-state index in [1.807, 2.05) is 26.0 Å². The summed E-state index contributed by atoms with van der Waals surface area (Å²) in [7, 11) is 0. The Morgan fingerprint density at radius 3 is 2.71 bits per heavy atom. The number of rotatable bonds is 4. The van der Waals surface area contributed by atoms with Gasteiger partial charge in [0.05, 0.1) is 6.61 Å². The number of hydrogen-bond acceptors (Lipinski definition) is 4. The van der Waals surface area contributed by atoms with Gasteiger partial charge in [-0.2, -0.15) is 0 Å². The molecule has 0 amide bonds. The van der Waals surface area contributed by atoms with Gasteiger partial charge in [0.25, 0.3) is 0 Å². The number of halogens is 1. The van der Waals surface area contributed by atoms with Crippen LogP contribution in [-0.2, 0) is 11.3 Å². The molecular weight excluding hydrogens is 293 g/mol. The Kier molecular flexibility index (Phi) is 4.09. The highest BCUT2D eigenvalue weighted by molar-refractivity contribution is 14.1. The summed E-state index contributed by atoms with van der Waals surface area (Å²) < 4.78 is 5.43. The molecule has 0 radical (unpaired) electrons. The van der Waals surface area contributed by atoms with Gasteiger partial charge in [-0.15, -0.1) is 0 Å². The van der Waals surface area contributed by atoms with Crippen LogP contribution in [-0.4, -0.2) is 8.59 Å². The maximum atomic E-state index is 5.58. The van der Waals surface area contributed by atoms with Crippen LogP contribution in [0.15, 0.2) is 18.3 Å². The molecule has 3 N–H and O–H groups in total. The molecule has 14 heavy (non-hydrogen) atoms. The van der Waals surface area contributed by atoms with Gasteiger partial charge < -0.3 is 10.2 Å². The zero-order chi connectivity index (χ0) is 10.6. The van der Waals surface area contributed by atoms with Crippen molar-refractivity contribution in [3.63, 3.8) is 0 Å². The summed E-state index contributed by atoms with van der Waals surface area (Å²) in [5.74, 6) is 5.85. The molecule has 0 fully saturated rings. The second-order valence-corrected chi connectivity index (χ2v) is 5.95. The van der Waals surface area contributed by atoms with Crippen LogP contribution in [0.2, 0.25) is 0 Å². The third-order valence-electron chi connectivity index (χ3n) is 1.55. The number of ether oxygens (including phenoxy) is 1. The summed E-state index contributed by atoms with van der Waals surface area (Å²) in [5.41, 5.74) is 3.51. The summed E-state index contributed by atoms with van der Waals surface area (Å²) in [6.07, 6.45) is 1.75. The summed E-state index contributed by atoms with van der Waals surface area (Å²) in [6, 6.07) is 3.75. The van der Waals surface area contributed by atoms with Gasteiger partial charge in [-0.05, 0) is 48.1 Å². The average molecular weight is 307 g/mol. The van der Waals surface area contributed by atoms with E-state index < -0.39 is 0 Å². The quantitative estimate of drug-likeness (QED) is 0.387. The number of hydrazine groups is 1. The molecule has 0 atom stereocenters. The van der Waals surface area contributed by atoms with Crippen LogP contribution >= 0.6 is 22.6 Å². The summed E-state index contributed by atoms with van der Waals surface area (Å²) in [6.45, 7) is 4.58. The predicted octanol–water partition coefficient (Wildman–Crippen LogP) is 2.05. The van der Waals surface area contributed by atoms with Gasteiger partial charge in [-0.1, -0.05) is 6.07 Å². The minimum atomic E-state index is -0.150. The highest BCUT2D eigenvalue weighted by Gasteiger charge is 2.12. The number of alkyl halides is 1. The van der Waals surface area contributed by atoms with E-state index in [0.29, 0.717) is 12.4 Å². The first-order valence-corrected chi connectivity index (χ1v) is 5.33. The van der Waals surface area contributed by atoms with Gasteiger partial charge in [-0.3, -0.25) is 0 Å². The van der Waals surface area contributed by atoms with Crippen molar-refractivity contribution in [1.82, 2.24) is 4.98 Å². The number of pyridine rings is 1. The van der Waals surface area contributed by atoms with Crippen molar-refractivity contribution in [2.45, 2.75) is 24.1 Å². The van der Waals surface area contributed by atoms with Crippen LogP contribution in [0.4, 0.5) is 5.82 Å². The Morgan fingerprint density at radius 2 is 2.29 bits per heavy atom. The first kappa shape index (κ1) is 11.7. The highest BCUT2D eigenvalue weighted by atomic mass is 127. The SMILES string of the molecule is CC(C)(I)OCc1ccc(NN)nc1.